The van der Waals surface area contributed by atoms with Crippen LogP contribution >= 0.6 is 11.6 Å². The minimum absolute atomic E-state index is 0.0381. The molecule has 3 aromatic rings. The zero-order valence-electron chi connectivity index (χ0n) is 16.5. The average molecular weight is 405 g/mol. The molecule has 2 heterocycles. The van der Waals surface area contributed by atoms with E-state index in [1.165, 1.54) is 5.56 Å². The second-order valence-electron chi connectivity index (χ2n) is 8.12. The Bertz CT molecular complexity index is 1130. The molecule has 0 radical (unpaired) electrons. The Balaban J connectivity index is 1.88. The van der Waals surface area contributed by atoms with Gasteiger partial charge in [0.2, 0.25) is 11.8 Å². The summed E-state index contributed by atoms with van der Waals surface area (Å²) >= 11 is 6.04. The summed E-state index contributed by atoms with van der Waals surface area (Å²) in [4.78, 5) is 0. The number of benzene rings is 2. The molecule has 2 aromatic carbocycles. The molecule has 3 N–H and O–H groups in total. The second kappa shape index (κ2) is 6.98. The van der Waals surface area contributed by atoms with E-state index in [1.54, 1.807) is 0 Å². The quantitative estimate of drug-likeness (QED) is 0.610. The van der Waals surface area contributed by atoms with Crippen molar-refractivity contribution in [3.05, 3.63) is 81.7 Å². The van der Waals surface area contributed by atoms with Gasteiger partial charge in [0.25, 0.3) is 0 Å². The molecular formula is C23H21ClN4O. The van der Waals surface area contributed by atoms with Gasteiger partial charge < -0.3 is 10.5 Å². The molecule has 0 aliphatic carbocycles. The molecule has 0 amide bonds. The van der Waals surface area contributed by atoms with Gasteiger partial charge in [-0.15, -0.1) is 5.10 Å². The lowest BCUT2D eigenvalue weighted by Crippen LogP contribution is -2.21. The van der Waals surface area contributed by atoms with Crippen LogP contribution in [0.5, 0.6) is 5.88 Å². The van der Waals surface area contributed by atoms with Crippen LogP contribution in [0.4, 0.5) is 0 Å². The molecule has 146 valence electrons. The van der Waals surface area contributed by atoms with Crippen molar-refractivity contribution in [1.29, 1.82) is 5.26 Å². The third kappa shape index (κ3) is 3.37. The number of nitriles is 1. The van der Waals surface area contributed by atoms with Crippen molar-refractivity contribution in [2.75, 3.05) is 0 Å². The lowest BCUT2D eigenvalue weighted by Gasteiger charge is -2.25. The summed E-state index contributed by atoms with van der Waals surface area (Å²) in [5, 5.41) is 17.8. The van der Waals surface area contributed by atoms with Crippen LogP contribution in [0.2, 0.25) is 5.02 Å². The highest BCUT2D eigenvalue weighted by Gasteiger charge is 2.35. The van der Waals surface area contributed by atoms with Gasteiger partial charge in [-0.25, -0.2) is 0 Å². The Morgan fingerprint density at radius 2 is 1.76 bits per heavy atom. The van der Waals surface area contributed by atoms with Crippen molar-refractivity contribution < 1.29 is 4.74 Å². The number of halogens is 1. The first kappa shape index (κ1) is 19.1. The highest BCUT2D eigenvalue weighted by Crippen LogP contribution is 2.45. The Morgan fingerprint density at radius 3 is 2.34 bits per heavy atom. The number of rotatable bonds is 2. The first-order chi connectivity index (χ1) is 13.8. The molecule has 1 aromatic heterocycles. The topological polar surface area (TPSA) is 87.7 Å². The fraction of sp³-hybridized carbons (Fsp3) is 0.217. The average Bonchev–Trinajstić information content (AvgIpc) is 3.10. The van der Waals surface area contributed by atoms with Gasteiger partial charge >= 0.3 is 0 Å². The number of nitrogens with two attached hydrogens (primary N) is 1. The van der Waals surface area contributed by atoms with Gasteiger partial charge in [-0.2, -0.15) is 5.26 Å². The van der Waals surface area contributed by atoms with E-state index >= 15 is 0 Å². The highest BCUT2D eigenvalue weighted by molar-refractivity contribution is 6.30. The van der Waals surface area contributed by atoms with E-state index in [4.69, 9.17) is 22.1 Å². The van der Waals surface area contributed by atoms with Gasteiger partial charge in [0.05, 0.1) is 17.2 Å². The Labute approximate surface area is 174 Å². The molecular weight excluding hydrogens is 384 g/mol. The number of hydrogen-bond donors (Lipinski definition) is 2. The molecule has 0 bridgehead atoms. The van der Waals surface area contributed by atoms with Crippen molar-refractivity contribution in [2.24, 2.45) is 5.73 Å². The molecule has 29 heavy (non-hydrogen) atoms. The summed E-state index contributed by atoms with van der Waals surface area (Å²) in [5.74, 6) is 0.0950. The molecule has 1 aliphatic heterocycles. The molecule has 1 atom stereocenters. The number of hydrogen-bond acceptors (Lipinski definition) is 4. The molecule has 4 rings (SSSR count). The molecule has 0 fully saturated rings. The summed E-state index contributed by atoms with van der Waals surface area (Å²) in [6, 6.07) is 18.0. The van der Waals surface area contributed by atoms with Gasteiger partial charge in [-0.3, -0.25) is 5.10 Å². The van der Waals surface area contributed by atoms with Crippen LogP contribution in [0.1, 0.15) is 43.4 Å². The van der Waals surface area contributed by atoms with E-state index in [1.807, 2.05) is 36.4 Å². The van der Waals surface area contributed by atoms with E-state index in [2.05, 4.69) is 49.2 Å². The third-order valence-electron chi connectivity index (χ3n) is 5.18. The van der Waals surface area contributed by atoms with Gasteiger partial charge in [0.1, 0.15) is 11.6 Å². The number of nitrogens with one attached hydrogen (secondary N) is 1. The zero-order valence-corrected chi connectivity index (χ0v) is 17.2. The molecule has 1 aliphatic rings. The maximum atomic E-state index is 9.82. The SMILES string of the molecule is CC(C)(C)c1ccc([C@@H]2C(C#N)=C(N)Oc3n[nH]c(-c4ccc(Cl)cc4)c32)cc1. The lowest BCUT2D eigenvalue weighted by atomic mass is 9.81. The van der Waals surface area contributed by atoms with E-state index in [0.29, 0.717) is 16.5 Å². The monoisotopic (exact) mass is 404 g/mol. The predicted octanol–water partition coefficient (Wildman–Crippen LogP) is 5.25. The Kier molecular flexibility index (Phi) is 4.60. The minimum atomic E-state index is -0.373. The van der Waals surface area contributed by atoms with Crippen LogP contribution in [-0.4, -0.2) is 10.2 Å². The number of allylic oxidation sites excluding steroid dienone is 1. The van der Waals surface area contributed by atoms with Crippen molar-refractivity contribution in [2.45, 2.75) is 32.1 Å². The minimum Gasteiger partial charge on any atom is -0.420 e. The fourth-order valence-corrected chi connectivity index (χ4v) is 3.72. The fourth-order valence-electron chi connectivity index (χ4n) is 3.59. The number of ether oxygens (including phenoxy) is 1. The van der Waals surface area contributed by atoms with Crippen molar-refractivity contribution >= 4 is 11.6 Å². The Hall–Kier alpha value is -3.23. The van der Waals surface area contributed by atoms with E-state index in [-0.39, 0.29) is 17.2 Å². The highest BCUT2D eigenvalue weighted by atomic mass is 35.5. The zero-order chi connectivity index (χ0) is 20.8. The number of nitrogens with zero attached hydrogens (tertiary/aromatic N) is 2. The maximum absolute atomic E-state index is 9.82. The molecule has 0 saturated carbocycles. The summed E-state index contributed by atoms with van der Waals surface area (Å²) in [7, 11) is 0. The van der Waals surface area contributed by atoms with E-state index < -0.39 is 0 Å². The van der Waals surface area contributed by atoms with Crippen molar-refractivity contribution in [1.82, 2.24) is 10.2 Å². The maximum Gasteiger partial charge on any atom is 0.244 e. The van der Waals surface area contributed by atoms with Gasteiger partial charge in [-0.05, 0) is 28.7 Å². The molecule has 5 nitrogen and oxygen atoms in total. The first-order valence-corrected chi connectivity index (χ1v) is 9.69. The molecule has 0 unspecified atom stereocenters. The lowest BCUT2D eigenvalue weighted by molar-refractivity contribution is 0.379. The van der Waals surface area contributed by atoms with Crippen LogP contribution in [0, 0.1) is 11.3 Å². The van der Waals surface area contributed by atoms with Crippen LogP contribution in [0.15, 0.2) is 60.0 Å². The van der Waals surface area contributed by atoms with E-state index in [0.717, 1.165) is 22.4 Å². The number of H-pyrrole nitrogens is 1. The van der Waals surface area contributed by atoms with Crippen LogP contribution < -0.4 is 10.5 Å². The third-order valence-corrected chi connectivity index (χ3v) is 5.43. The summed E-state index contributed by atoms with van der Waals surface area (Å²) < 4.78 is 5.66. The molecule has 0 spiro atoms. The van der Waals surface area contributed by atoms with Crippen LogP contribution in [-0.2, 0) is 5.41 Å². The Morgan fingerprint density at radius 1 is 1.10 bits per heavy atom. The predicted molar refractivity (Wildman–Crippen MR) is 113 cm³/mol. The summed E-state index contributed by atoms with van der Waals surface area (Å²) in [6.45, 7) is 6.51. The molecule has 0 saturated heterocycles. The van der Waals surface area contributed by atoms with Gasteiger partial charge in [0, 0.05) is 10.6 Å². The number of aromatic amines is 1. The van der Waals surface area contributed by atoms with Crippen LogP contribution in [0.25, 0.3) is 11.3 Å². The smallest absolute Gasteiger partial charge is 0.244 e. The van der Waals surface area contributed by atoms with Gasteiger partial charge in [0.15, 0.2) is 0 Å². The summed E-state index contributed by atoms with van der Waals surface area (Å²) in [6.07, 6.45) is 0. The van der Waals surface area contributed by atoms with Crippen molar-refractivity contribution in [3.8, 4) is 23.2 Å². The van der Waals surface area contributed by atoms with Crippen molar-refractivity contribution in [3.63, 3.8) is 0 Å². The number of fused-ring (bicyclic) bond motifs is 1. The van der Waals surface area contributed by atoms with E-state index in [9.17, 15) is 5.26 Å². The second-order valence-corrected chi connectivity index (χ2v) is 8.56. The normalized spacial score (nSPS) is 16.2. The van der Waals surface area contributed by atoms with Crippen LogP contribution in [0.3, 0.4) is 0 Å². The number of aromatic nitrogens is 2. The van der Waals surface area contributed by atoms with Gasteiger partial charge in [-0.1, -0.05) is 68.8 Å². The summed E-state index contributed by atoms with van der Waals surface area (Å²) in [5.41, 5.74) is 11.1. The first-order valence-electron chi connectivity index (χ1n) is 9.32. The largest absolute Gasteiger partial charge is 0.420 e. The molecule has 6 heteroatoms. The standard InChI is InChI=1S/C23H21ClN4O/c1-23(2,3)15-8-4-13(5-9-15)18-17(12-25)21(26)29-22-19(18)20(27-28-22)14-6-10-16(24)11-7-14/h4-11,18H,26H2,1-3H3,(H,27,28)/t18-/m1/s1.